The zero-order chi connectivity index (χ0) is 14.7. The molecule has 0 aliphatic carbocycles. The number of fused-ring (bicyclic) bond motifs is 1. The predicted octanol–water partition coefficient (Wildman–Crippen LogP) is 2.20. The van der Waals surface area contributed by atoms with E-state index in [9.17, 15) is 4.79 Å². The SMILES string of the molecule is NC(=O)Cc1ccc(NCc2c[nH]c3ncccc23)cc1. The molecule has 1 aromatic carbocycles. The van der Waals surface area contributed by atoms with Crippen molar-refractivity contribution >= 4 is 22.6 Å². The molecule has 3 rings (SSSR count). The minimum absolute atomic E-state index is 0.272. The Bertz CT molecular complexity index is 761. The van der Waals surface area contributed by atoms with Crippen molar-refractivity contribution in [1.29, 1.82) is 0 Å². The molecule has 106 valence electrons. The zero-order valence-electron chi connectivity index (χ0n) is 11.5. The summed E-state index contributed by atoms with van der Waals surface area (Å²) in [5.74, 6) is -0.318. The van der Waals surface area contributed by atoms with Crippen molar-refractivity contribution in [3.8, 4) is 0 Å². The molecular weight excluding hydrogens is 264 g/mol. The minimum atomic E-state index is -0.318. The summed E-state index contributed by atoms with van der Waals surface area (Å²) in [6, 6.07) is 11.7. The van der Waals surface area contributed by atoms with Gasteiger partial charge >= 0.3 is 0 Å². The molecule has 0 saturated carbocycles. The van der Waals surface area contributed by atoms with E-state index in [1.165, 1.54) is 5.56 Å². The number of carbonyl (C=O) groups excluding carboxylic acids is 1. The molecule has 0 fully saturated rings. The van der Waals surface area contributed by atoms with Gasteiger partial charge in [-0.1, -0.05) is 12.1 Å². The van der Waals surface area contributed by atoms with Gasteiger partial charge in [0.25, 0.3) is 0 Å². The number of rotatable bonds is 5. The fourth-order valence-electron chi connectivity index (χ4n) is 2.30. The van der Waals surface area contributed by atoms with E-state index in [4.69, 9.17) is 5.73 Å². The van der Waals surface area contributed by atoms with Crippen molar-refractivity contribution in [1.82, 2.24) is 9.97 Å². The van der Waals surface area contributed by atoms with Crippen molar-refractivity contribution in [3.05, 3.63) is 59.9 Å². The number of hydrogen-bond acceptors (Lipinski definition) is 3. The Morgan fingerprint density at radius 1 is 1.24 bits per heavy atom. The predicted molar refractivity (Wildman–Crippen MR) is 82.8 cm³/mol. The maximum absolute atomic E-state index is 10.9. The lowest BCUT2D eigenvalue weighted by molar-refractivity contribution is -0.117. The second-order valence-electron chi connectivity index (χ2n) is 4.91. The molecule has 0 unspecified atom stereocenters. The smallest absolute Gasteiger partial charge is 0.221 e. The molecule has 0 aliphatic rings. The van der Waals surface area contributed by atoms with E-state index in [1.807, 2.05) is 42.6 Å². The molecule has 2 aromatic heterocycles. The van der Waals surface area contributed by atoms with Crippen molar-refractivity contribution in [2.45, 2.75) is 13.0 Å². The van der Waals surface area contributed by atoms with Crippen molar-refractivity contribution in [3.63, 3.8) is 0 Å². The van der Waals surface area contributed by atoms with Crippen LogP contribution >= 0.6 is 0 Å². The number of hydrogen-bond donors (Lipinski definition) is 3. The monoisotopic (exact) mass is 280 g/mol. The molecule has 5 nitrogen and oxygen atoms in total. The maximum Gasteiger partial charge on any atom is 0.221 e. The van der Waals surface area contributed by atoms with Crippen LogP contribution in [0.2, 0.25) is 0 Å². The summed E-state index contributed by atoms with van der Waals surface area (Å²) in [7, 11) is 0. The topological polar surface area (TPSA) is 83.8 Å². The van der Waals surface area contributed by atoms with Crippen LogP contribution in [0.25, 0.3) is 11.0 Å². The molecule has 5 heteroatoms. The second-order valence-corrected chi connectivity index (χ2v) is 4.91. The lowest BCUT2D eigenvalue weighted by Gasteiger charge is -2.06. The average molecular weight is 280 g/mol. The van der Waals surface area contributed by atoms with Gasteiger partial charge in [0.2, 0.25) is 5.91 Å². The number of benzene rings is 1. The first-order valence-corrected chi connectivity index (χ1v) is 6.74. The van der Waals surface area contributed by atoms with Crippen LogP contribution < -0.4 is 11.1 Å². The Labute approximate surface area is 122 Å². The largest absolute Gasteiger partial charge is 0.381 e. The van der Waals surface area contributed by atoms with Gasteiger partial charge in [-0.2, -0.15) is 0 Å². The summed E-state index contributed by atoms with van der Waals surface area (Å²) < 4.78 is 0. The molecule has 0 saturated heterocycles. The highest BCUT2D eigenvalue weighted by molar-refractivity contribution is 5.79. The molecule has 2 heterocycles. The van der Waals surface area contributed by atoms with Crippen molar-refractivity contribution in [2.75, 3.05) is 5.32 Å². The van der Waals surface area contributed by atoms with E-state index in [-0.39, 0.29) is 12.3 Å². The number of amides is 1. The zero-order valence-corrected chi connectivity index (χ0v) is 11.5. The number of nitrogens with one attached hydrogen (secondary N) is 2. The minimum Gasteiger partial charge on any atom is -0.381 e. The number of nitrogens with zero attached hydrogens (tertiary/aromatic N) is 1. The summed E-state index contributed by atoms with van der Waals surface area (Å²) in [6.07, 6.45) is 4.01. The highest BCUT2D eigenvalue weighted by atomic mass is 16.1. The number of H-pyrrole nitrogens is 1. The summed E-state index contributed by atoms with van der Waals surface area (Å²) in [4.78, 5) is 18.3. The van der Waals surface area contributed by atoms with E-state index in [1.54, 1.807) is 6.20 Å². The molecule has 4 N–H and O–H groups in total. The number of aromatic amines is 1. The Balaban J connectivity index is 1.68. The first-order valence-electron chi connectivity index (χ1n) is 6.74. The van der Waals surface area contributed by atoms with Gasteiger partial charge in [0, 0.05) is 30.0 Å². The second kappa shape index (κ2) is 5.66. The van der Waals surface area contributed by atoms with E-state index in [0.29, 0.717) is 6.54 Å². The van der Waals surface area contributed by atoms with Crippen LogP contribution in [-0.2, 0) is 17.8 Å². The van der Waals surface area contributed by atoms with Crippen LogP contribution in [0.5, 0.6) is 0 Å². The summed E-state index contributed by atoms with van der Waals surface area (Å²) in [5, 5.41) is 4.48. The number of primary amides is 1. The van der Waals surface area contributed by atoms with Gasteiger partial charge in [0.15, 0.2) is 0 Å². The van der Waals surface area contributed by atoms with Crippen LogP contribution in [0.15, 0.2) is 48.8 Å². The van der Waals surface area contributed by atoms with Crippen LogP contribution in [0.1, 0.15) is 11.1 Å². The molecule has 0 radical (unpaired) electrons. The molecular formula is C16H16N4O. The number of nitrogens with two attached hydrogens (primary N) is 1. The Kier molecular flexibility index (Phi) is 3.55. The average Bonchev–Trinajstić information content (AvgIpc) is 2.89. The molecule has 0 atom stereocenters. The highest BCUT2D eigenvalue weighted by Crippen LogP contribution is 2.17. The lowest BCUT2D eigenvalue weighted by Crippen LogP contribution is -2.13. The Morgan fingerprint density at radius 3 is 2.81 bits per heavy atom. The number of carbonyl (C=O) groups is 1. The van der Waals surface area contributed by atoms with Gasteiger partial charge in [-0.25, -0.2) is 4.98 Å². The summed E-state index contributed by atoms with van der Waals surface area (Å²) in [5.41, 5.74) is 9.16. The molecule has 0 spiro atoms. The maximum atomic E-state index is 10.9. The first-order chi connectivity index (χ1) is 10.2. The third kappa shape index (κ3) is 3.02. The van der Waals surface area contributed by atoms with Gasteiger partial charge in [0.05, 0.1) is 6.42 Å². The molecule has 0 bridgehead atoms. The lowest BCUT2D eigenvalue weighted by atomic mass is 10.1. The van der Waals surface area contributed by atoms with E-state index >= 15 is 0 Å². The van der Waals surface area contributed by atoms with Crippen LogP contribution in [0, 0.1) is 0 Å². The third-order valence-corrected chi connectivity index (χ3v) is 3.35. The summed E-state index contributed by atoms with van der Waals surface area (Å²) >= 11 is 0. The van der Waals surface area contributed by atoms with Crippen molar-refractivity contribution < 1.29 is 4.79 Å². The normalized spacial score (nSPS) is 10.7. The van der Waals surface area contributed by atoms with Gasteiger partial charge in [0.1, 0.15) is 5.65 Å². The van der Waals surface area contributed by atoms with Gasteiger partial charge in [-0.15, -0.1) is 0 Å². The fourth-order valence-corrected chi connectivity index (χ4v) is 2.30. The Morgan fingerprint density at radius 2 is 2.05 bits per heavy atom. The first kappa shape index (κ1) is 13.2. The van der Waals surface area contributed by atoms with E-state index < -0.39 is 0 Å². The van der Waals surface area contributed by atoms with E-state index in [0.717, 1.165) is 22.3 Å². The molecule has 0 aliphatic heterocycles. The van der Waals surface area contributed by atoms with Gasteiger partial charge < -0.3 is 16.0 Å². The number of aromatic nitrogens is 2. The van der Waals surface area contributed by atoms with Gasteiger partial charge in [-0.05, 0) is 35.4 Å². The molecule has 1 amide bonds. The fraction of sp³-hybridized carbons (Fsp3) is 0.125. The quantitative estimate of drug-likeness (QED) is 0.670. The standard InChI is InChI=1S/C16H16N4O/c17-15(21)8-11-3-5-13(6-4-11)19-9-12-10-20-16-14(12)2-1-7-18-16/h1-7,10,19H,8-9H2,(H2,17,21)(H,18,20). The van der Waals surface area contributed by atoms with Crippen molar-refractivity contribution in [2.24, 2.45) is 5.73 Å². The third-order valence-electron chi connectivity index (χ3n) is 3.35. The van der Waals surface area contributed by atoms with Gasteiger partial charge in [-0.3, -0.25) is 4.79 Å². The molecule has 3 aromatic rings. The number of anilines is 1. The van der Waals surface area contributed by atoms with E-state index in [2.05, 4.69) is 15.3 Å². The number of pyridine rings is 1. The Hall–Kier alpha value is -2.82. The van der Waals surface area contributed by atoms with Crippen LogP contribution in [0.4, 0.5) is 5.69 Å². The van der Waals surface area contributed by atoms with Crippen LogP contribution in [-0.4, -0.2) is 15.9 Å². The highest BCUT2D eigenvalue weighted by Gasteiger charge is 2.04. The van der Waals surface area contributed by atoms with Crippen LogP contribution in [0.3, 0.4) is 0 Å². The molecule has 21 heavy (non-hydrogen) atoms. The summed E-state index contributed by atoms with van der Waals surface area (Å²) in [6.45, 7) is 0.709.